The molecular formula is C34H36O. The molecule has 0 bridgehead atoms. The maximum Gasteiger partial charge on any atom is 0.135 e. The Labute approximate surface area is 209 Å². The molecule has 0 saturated heterocycles. The van der Waals surface area contributed by atoms with E-state index in [1.807, 2.05) is 0 Å². The van der Waals surface area contributed by atoms with Crippen molar-refractivity contribution in [1.82, 2.24) is 0 Å². The molecular weight excluding hydrogens is 424 g/mol. The van der Waals surface area contributed by atoms with Gasteiger partial charge >= 0.3 is 0 Å². The number of fused-ring (bicyclic) bond motifs is 3. The molecule has 0 aliphatic heterocycles. The summed E-state index contributed by atoms with van der Waals surface area (Å²) in [5.74, 6) is 1.04. The molecule has 35 heavy (non-hydrogen) atoms. The van der Waals surface area contributed by atoms with E-state index < -0.39 is 0 Å². The molecule has 1 atom stereocenters. The molecule has 0 aliphatic carbocycles. The van der Waals surface area contributed by atoms with Crippen molar-refractivity contribution in [2.24, 2.45) is 0 Å². The van der Waals surface area contributed by atoms with Crippen molar-refractivity contribution in [3.63, 3.8) is 0 Å². The predicted molar refractivity (Wildman–Crippen MR) is 152 cm³/mol. The van der Waals surface area contributed by atoms with Crippen LogP contribution in [0.3, 0.4) is 0 Å². The number of hydrogen-bond acceptors (Lipinski definition) is 1. The lowest BCUT2D eigenvalue weighted by Gasteiger charge is -2.23. The highest BCUT2D eigenvalue weighted by Gasteiger charge is 2.18. The zero-order valence-corrected chi connectivity index (χ0v) is 21.1. The molecule has 1 nitrogen and oxygen atoms in total. The number of benzene rings is 5. The zero-order valence-electron chi connectivity index (χ0n) is 21.1. The number of ether oxygens (including phenoxy) is 1. The average Bonchev–Trinajstić information content (AvgIpc) is 2.90. The van der Waals surface area contributed by atoms with Crippen molar-refractivity contribution in [3.8, 4) is 16.9 Å². The van der Waals surface area contributed by atoms with Gasteiger partial charge in [0, 0.05) is 10.9 Å². The predicted octanol–water partition coefficient (Wildman–Crippen LogP) is 10.3. The highest BCUT2D eigenvalue weighted by Crippen LogP contribution is 2.41. The lowest BCUT2D eigenvalue weighted by molar-refractivity contribution is 0.179. The highest BCUT2D eigenvalue weighted by atomic mass is 16.5. The van der Waals surface area contributed by atoms with E-state index in [-0.39, 0.29) is 6.10 Å². The number of unbranched alkanes of at least 4 members (excludes halogenated alkanes) is 3. The molecule has 0 amide bonds. The van der Waals surface area contributed by atoms with E-state index in [9.17, 15) is 0 Å². The summed E-state index contributed by atoms with van der Waals surface area (Å²) in [6.45, 7) is 4.54. The second-order valence-corrected chi connectivity index (χ2v) is 9.77. The first-order valence-electron chi connectivity index (χ1n) is 13.4. The number of hydrogen-bond donors (Lipinski definition) is 0. The minimum atomic E-state index is 0.247. The quantitative estimate of drug-likeness (QED) is 0.149. The van der Waals surface area contributed by atoms with Crippen molar-refractivity contribution in [2.75, 3.05) is 0 Å². The third-order valence-electron chi connectivity index (χ3n) is 7.19. The largest absolute Gasteiger partial charge is 0.489 e. The summed E-state index contributed by atoms with van der Waals surface area (Å²) >= 11 is 0. The van der Waals surface area contributed by atoms with E-state index >= 15 is 0 Å². The number of rotatable bonds is 10. The van der Waals surface area contributed by atoms with Crippen molar-refractivity contribution in [3.05, 3.63) is 91.0 Å². The Morgan fingerprint density at radius 2 is 1.29 bits per heavy atom. The van der Waals surface area contributed by atoms with E-state index in [1.165, 1.54) is 69.1 Å². The fraction of sp³-hybridized carbons (Fsp3) is 0.294. The van der Waals surface area contributed by atoms with Crippen LogP contribution in [-0.4, -0.2) is 6.10 Å². The van der Waals surface area contributed by atoms with E-state index in [1.54, 1.807) is 0 Å². The van der Waals surface area contributed by atoms with Crippen LogP contribution in [-0.2, 0) is 0 Å². The summed E-state index contributed by atoms with van der Waals surface area (Å²) in [5, 5.41) is 7.54. The van der Waals surface area contributed by atoms with Gasteiger partial charge in [-0.15, -0.1) is 0 Å². The van der Waals surface area contributed by atoms with Gasteiger partial charge in [-0.3, -0.25) is 0 Å². The van der Waals surface area contributed by atoms with Crippen LogP contribution in [0.15, 0.2) is 91.0 Å². The van der Waals surface area contributed by atoms with Gasteiger partial charge in [0.1, 0.15) is 5.75 Å². The van der Waals surface area contributed by atoms with Gasteiger partial charge in [0.2, 0.25) is 0 Å². The first-order valence-corrected chi connectivity index (χ1v) is 13.4. The third-order valence-corrected chi connectivity index (χ3v) is 7.19. The first kappa shape index (κ1) is 23.4. The summed E-state index contributed by atoms with van der Waals surface area (Å²) in [6.07, 6.45) is 8.70. The van der Waals surface area contributed by atoms with Crippen molar-refractivity contribution < 1.29 is 4.74 Å². The molecule has 0 radical (unpaired) electrons. The topological polar surface area (TPSA) is 9.23 Å². The molecule has 178 valence electrons. The van der Waals surface area contributed by atoms with Gasteiger partial charge < -0.3 is 4.74 Å². The van der Waals surface area contributed by atoms with Crippen LogP contribution >= 0.6 is 0 Å². The molecule has 5 aromatic rings. The fourth-order valence-corrected chi connectivity index (χ4v) is 5.33. The van der Waals surface area contributed by atoms with Gasteiger partial charge in [-0.2, -0.15) is 0 Å². The van der Waals surface area contributed by atoms with Gasteiger partial charge in [0.15, 0.2) is 0 Å². The second kappa shape index (κ2) is 11.0. The molecule has 1 unspecified atom stereocenters. The van der Waals surface area contributed by atoms with Crippen molar-refractivity contribution in [2.45, 2.75) is 64.9 Å². The maximum atomic E-state index is 6.97. The standard InChI is InChI=1S/C34H36O/c1-3-5-6-7-18-29(13-4-2)35-34-30-19-11-10-14-25(30)21-22-32(34)31-20-12-17-28-23-26-15-8-9-16-27(26)24-33(28)31/h8-12,14-17,19-24,29H,3-7,13,18H2,1-2H3. The molecule has 0 saturated carbocycles. The van der Waals surface area contributed by atoms with Crippen LogP contribution in [0.1, 0.15) is 58.8 Å². The maximum absolute atomic E-state index is 6.97. The van der Waals surface area contributed by atoms with Crippen LogP contribution in [0.5, 0.6) is 5.75 Å². The normalized spacial score (nSPS) is 12.4. The Morgan fingerprint density at radius 3 is 2.09 bits per heavy atom. The van der Waals surface area contributed by atoms with Crippen molar-refractivity contribution >= 4 is 32.3 Å². The first-order chi connectivity index (χ1) is 17.3. The van der Waals surface area contributed by atoms with Crippen LogP contribution in [0.4, 0.5) is 0 Å². The molecule has 0 heterocycles. The fourth-order valence-electron chi connectivity index (χ4n) is 5.33. The molecule has 0 spiro atoms. The molecule has 5 rings (SSSR count). The van der Waals surface area contributed by atoms with Gasteiger partial charge in [-0.1, -0.05) is 112 Å². The minimum Gasteiger partial charge on any atom is -0.489 e. The Morgan fingerprint density at radius 1 is 0.543 bits per heavy atom. The minimum absolute atomic E-state index is 0.247. The monoisotopic (exact) mass is 460 g/mol. The molecule has 0 aromatic heterocycles. The molecule has 0 N–H and O–H groups in total. The van der Waals surface area contributed by atoms with Gasteiger partial charge in [0.05, 0.1) is 6.10 Å². The molecule has 5 aromatic carbocycles. The summed E-state index contributed by atoms with van der Waals surface area (Å²) in [7, 11) is 0. The molecule has 1 heteroatoms. The molecule has 0 fully saturated rings. The van der Waals surface area contributed by atoms with Gasteiger partial charge in [-0.25, -0.2) is 0 Å². The Kier molecular flexibility index (Phi) is 7.33. The summed E-state index contributed by atoms with van der Waals surface area (Å²) < 4.78 is 6.97. The van der Waals surface area contributed by atoms with Crippen LogP contribution in [0.25, 0.3) is 43.4 Å². The van der Waals surface area contributed by atoms with Gasteiger partial charge in [0.25, 0.3) is 0 Å². The molecule has 0 aliphatic rings. The van der Waals surface area contributed by atoms with E-state index in [4.69, 9.17) is 4.74 Å². The Bertz CT molecular complexity index is 1430. The lowest BCUT2D eigenvalue weighted by atomic mass is 9.93. The van der Waals surface area contributed by atoms with E-state index in [0.29, 0.717) is 0 Å². The Balaban J connectivity index is 1.64. The average molecular weight is 461 g/mol. The lowest BCUT2D eigenvalue weighted by Crippen LogP contribution is -2.17. The van der Waals surface area contributed by atoms with Crippen LogP contribution in [0, 0.1) is 0 Å². The smallest absolute Gasteiger partial charge is 0.135 e. The third kappa shape index (κ3) is 5.05. The van der Waals surface area contributed by atoms with E-state index in [2.05, 4.69) is 105 Å². The van der Waals surface area contributed by atoms with Gasteiger partial charge in [-0.05, 0) is 70.0 Å². The second-order valence-electron chi connectivity index (χ2n) is 9.77. The van der Waals surface area contributed by atoms with Crippen LogP contribution < -0.4 is 4.74 Å². The highest BCUT2D eigenvalue weighted by molar-refractivity contribution is 6.07. The summed E-state index contributed by atoms with van der Waals surface area (Å²) in [6, 6.07) is 33.1. The Hall–Kier alpha value is -3.32. The van der Waals surface area contributed by atoms with Crippen molar-refractivity contribution in [1.29, 1.82) is 0 Å². The SMILES string of the molecule is CCCCCCC(CCC)Oc1c(-c2cccc3cc4ccccc4cc23)ccc2ccccc12. The van der Waals surface area contributed by atoms with E-state index in [0.717, 1.165) is 25.0 Å². The zero-order chi connectivity index (χ0) is 24.0. The summed E-state index contributed by atoms with van der Waals surface area (Å²) in [4.78, 5) is 0. The summed E-state index contributed by atoms with van der Waals surface area (Å²) in [5.41, 5.74) is 2.44. The van der Waals surface area contributed by atoms with Crippen LogP contribution in [0.2, 0.25) is 0 Å².